The third-order valence-corrected chi connectivity index (χ3v) is 7.01. The van der Waals surface area contributed by atoms with Gasteiger partial charge in [0, 0.05) is 26.5 Å². The summed E-state index contributed by atoms with van der Waals surface area (Å²) in [6, 6.07) is 40.2. The standard InChI is InChI=1S/C31H19BrN2O/c32-23-15-18-30-27(19-23)33-31(35-30)22-11-9-20(10-12-22)21-13-16-24(17-14-21)34-28-7-3-1-5-25(28)26-6-2-4-8-29(26)34/h1-19H. The van der Waals surface area contributed by atoms with Gasteiger partial charge in [-0.1, -0.05) is 76.6 Å². The van der Waals surface area contributed by atoms with Crippen molar-refractivity contribution in [2.24, 2.45) is 0 Å². The van der Waals surface area contributed by atoms with Crippen LogP contribution in [0.25, 0.3) is 61.2 Å². The molecule has 2 aromatic heterocycles. The smallest absolute Gasteiger partial charge is 0.227 e. The zero-order chi connectivity index (χ0) is 23.4. The maximum absolute atomic E-state index is 5.95. The number of benzene rings is 5. The first-order valence-electron chi connectivity index (χ1n) is 11.5. The van der Waals surface area contributed by atoms with Crippen LogP contribution in [0.1, 0.15) is 0 Å². The molecular formula is C31H19BrN2O. The Labute approximate surface area is 210 Å². The lowest BCUT2D eigenvalue weighted by Crippen LogP contribution is -1.93. The van der Waals surface area contributed by atoms with Crippen molar-refractivity contribution in [1.29, 1.82) is 0 Å². The molecule has 7 rings (SSSR count). The number of nitrogens with zero attached hydrogens (tertiary/aromatic N) is 2. The quantitative estimate of drug-likeness (QED) is 0.235. The molecule has 35 heavy (non-hydrogen) atoms. The summed E-state index contributed by atoms with van der Waals surface area (Å²) in [4.78, 5) is 4.64. The van der Waals surface area contributed by atoms with Gasteiger partial charge >= 0.3 is 0 Å². The summed E-state index contributed by atoms with van der Waals surface area (Å²) >= 11 is 3.49. The first-order valence-corrected chi connectivity index (χ1v) is 12.3. The SMILES string of the molecule is Brc1ccc2oc(-c3ccc(-c4ccc(-n5c6ccccc6c6ccccc65)cc4)cc3)nc2c1. The number of halogens is 1. The van der Waals surface area contributed by atoms with Crippen molar-refractivity contribution >= 4 is 48.8 Å². The molecule has 0 saturated carbocycles. The van der Waals surface area contributed by atoms with Crippen LogP contribution in [0.2, 0.25) is 0 Å². The van der Waals surface area contributed by atoms with E-state index < -0.39 is 0 Å². The van der Waals surface area contributed by atoms with Gasteiger partial charge < -0.3 is 8.98 Å². The maximum atomic E-state index is 5.95. The van der Waals surface area contributed by atoms with Crippen LogP contribution in [-0.2, 0) is 0 Å². The van der Waals surface area contributed by atoms with E-state index in [-0.39, 0.29) is 0 Å². The Balaban J connectivity index is 1.24. The Bertz CT molecular complexity index is 1790. The molecule has 0 N–H and O–H groups in total. The van der Waals surface area contributed by atoms with E-state index in [0.29, 0.717) is 5.89 Å². The maximum Gasteiger partial charge on any atom is 0.227 e. The highest BCUT2D eigenvalue weighted by molar-refractivity contribution is 9.10. The lowest BCUT2D eigenvalue weighted by molar-refractivity contribution is 0.620. The highest BCUT2D eigenvalue weighted by Crippen LogP contribution is 2.33. The van der Waals surface area contributed by atoms with Crippen molar-refractivity contribution < 1.29 is 4.42 Å². The fraction of sp³-hybridized carbons (Fsp3) is 0. The van der Waals surface area contributed by atoms with Gasteiger partial charge in [-0.25, -0.2) is 4.98 Å². The lowest BCUT2D eigenvalue weighted by Gasteiger charge is -2.09. The second-order valence-electron chi connectivity index (χ2n) is 8.62. The van der Waals surface area contributed by atoms with Crippen LogP contribution < -0.4 is 0 Å². The number of hydrogen-bond donors (Lipinski definition) is 0. The van der Waals surface area contributed by atoms with Gasteiger partial charge in [-0.3, -0.25) is 0 Å². The van der Waals surface area contributed by atoms with Crippen molar-refractivity contribution in [3.8, 4) is 28.3 Å². The van der Waals surface area contributed by atoms with Crippen LogP contribution in [0.5, 0.6) is 0 Å². The molecule has 0 amide bonds. The van der Waals surface area contributed by atoms with E-state index in [0.717, 1.165) is 32.4 Å². The van der Waals surface area contributed by atoms with Gasteiger partial charge in [0.25, 0.3) is 0 Å². The zero-order valence-electron chi connectivity index (χ0n) is 18.7. The Morgan fingerprint density at radius 2 is 1.17 bits per heavy atom. The highest BCUT2D eigenvalue weighted by atomic mass is 79.9. The fourth-order valence-corrected chi connectivity index (χ4v) is 5.18. The monoisotopic (exact) mass is 514 g/mol. The van der Waals surface area contributed by atoms with Crippen molar-refractivity contribution in [3.63, 3.8) is 0 Å². The lowest BCUT2D eigenvalue weighted by atomic mass is 10.0. The van der Waals surface area contributed by atoms with E-state index in [1.54, 1.807) is 0 Å². The van der Waals surface area contributed by atoms with E-state index in [2.05, 4.69) is 123 Å². The summed E-state index contributed by atoms with van der Waals surface area (Å²) < 4.78 is 9.27. The summed E-state index contributed by atoms with van der Waals surface area (Å²) in [5.74, 6) is 0.631. The Morgan fingerprint density at radius 1 is 0.600 bits per heavy atom. The Morgan fingerprint density at radius 3 is 1.83 bits per heavy atom. The molecule has 0 aliphatic carbocycles. The molecule has 3 nitrogen and oxygen atoms in total. The third-order valence-electron chi connectivity index (χ3n) is 6.52. The van der Waals surface area contributed by atoms with E-state index in [1.165, 1.54) is 27.4 Å². The van der Waals surface area contributed by atoms with Gasteiger partial charge in [0.1, 0.15) is 5.52 Å². The second-order valence-corrected chi connectivity index (χ2v) is 9.54. The molecule has 0 aliphatic heterocycles. The minimum Gasteiger partial charge on any atom is -0.436 e. The molecule has 166 valence electrons. The second kappa shape index (κ2) is 7.97. The summed E-state index contributed by atoms with van der Waals surface area (Å²) in [7, 11) is 0. The molecule has 0 fully saturated rings. The van der Waals surface area contributed by atoms with Crippen molar-refractivity contribution in [3.05, 3.63) is 120 Å². The van der Waals surface area contributed by atoms with Gasteiger partial charge in [0.05, 0.1) is 11.0 Å². The number of fused-ring (bicyclic) bond motifs is 4. The summed E-state index contributed by atoms with van der Waals surface area (Å²) in [6.07, 6.45) is 0. The number of aromatic nitrogens is 2. The molecule has 4 heteroatoms. The molecule has 0 aliphatic rings. The van der Waals surface area contributed by atoms with E-state index in [9.17, 15) is 0 Å². The molecule has 0 unspecified atom stereocenters. The largest absolute Gasteiger partial charge is 0.436 e. The van der Waals surface area contributed by atoms with Crippen molar-refractivity contribution in [2.75, 3.05) is 0 Å². The van der Waals surface area contributed by atoms with Gasteiger partial charge in [0.15, 0.2) is 5.58 Å². The van der Waals surface area contributed by atoms with E-state index in [1.807, 2.05) is 18.2 Å². The molecule has 0 radical (unpaired) electrons. The molecule has 0 spiro atoms. The zero-order valence-corrected chi connectivity index (χ0v) is 20.2. The average Bonchev–Trinajstić information content (AvgIpc) is 3.48. The number of hydrogen-bond acceptors (Lipinski definition) is 2. The normalized spacial score (nSPS) is 11.6. The number of rotatable bonds is 3. The minimum atomic E-state index is 0.631. The Kier molecular flexibility index (Phi) is 4.61. The van der Waals surface area contributed by atoms with Gasteiger partial charge in [-0.2, -0.15) is 0 Å². The van der Waals surface area contributed by atoms with Gasteiger partial charge in [0.2, 0.25) is 5.89 Å². The highest BCUT2D eigenvalue weighted by Gasteiger charge is 2.12. The molecule has 5 aromatic carbocycles. The molecule has 0 bridgehead atoms. The summed E-state index contributed by atoms with van der Waals surface area (Å²) in [6.45, 7) is 0. The fourth-order valence-electron chi connectivity index (χ4n) is 4.83. The van der Waals surface area contributed by atoms with E-state index >= 15 is 0 Å². The molecule has 0 saturated heterocycles. The first kappa shape index (κ1) is 20.2. The number of para-hydroxylation sites is 2. The Hall–Kier alpha value is -4.15. The molecule has 0 atom stereocenters. The first-order chi connectivity index (χ1) is 17.2. The molecule has 7 aromatic rings. The van der Waals surface area contributed by atoms with Gasteiger partial charge in [-0.15, -0.1) is 0 Å². The summed E-state index contributed by atoms with van der Waals surface area (Å²) in [5.41, 5.74) is 8.51. The van der Waals surface area contributed by atoms with Crippen LogP contribution in [0, 0.1) is 0 Å². The average molecular weight is 515 g/mol. The predicted molar refractivity (Wildman–Crippen MR) is 147 cm³/mol. The summed E-state index contributed by atoms with van der Waals surface area (Å²) in [5, 5.41) is 2.55. The van der Waals surface area contributed by atoms with Crippen LogP contribution in [-0.4, -0.2) is 9.55 Å². The minimum absolute atomic E-state index is 0.631. The van der Waals surface area contributed by atoms with Crippen LogP contribution in [0.4, 0.5) is 0 Å². The predicted octanol–water partition coefficient (Wildman–Crippen LogP) is 9.02. The van der Waals surface area contributed by atoms with Crippen molar-refractivity contribution in [2.45, 2.75) is 0 Å². The van der Waals surface area contributed by atoms with Crippen LogP contribution >= 0.6 is 15.9 Å². The molecular weight excluding hydrogens is 496 g/mol. The number of oxazole rings is 1. The van der Waals surface area contributed by atoms with Crippen LogP contribution in [0.3, 0.4) is 0 Å². The van der Waals surface area contributed by atoms with E-state index in [4.69, 9.17) is 4.42 Å². The van der Waals surface area contributed by atoms with Gasteiger partial charge in [-0.05, 0) is 65.7 Å². The third kappa shape index (κ3) is 3.37. The topological polar surface area (TPSA) is 31.0 Å². The van der Waals surface area contributed by atoms with Crippen molar-refractivity contribution in [1.82, 2.24) is 9.55 Å². The molecule has 2 heterocycles. The van der Waals surface area contributed by atoms with Crippen LogP contribution in [0.15, 0.2) is 124 Å².